The summed E-state index contributed by atoms with van der Waals surface area (Å²) in [7, 11) is -3.39. The molecule has 45 heavy (non-hydrogen) atoms. The molecule has 0 aliphatic rings. The number of hydrogen-bond donors (Lipinski definition) is 1. The monoisotopic (exact) mass is 792 g/mol. The smallest absolute Gasteiger partial charge is 0.258 e. The lowest BCUT2D eigenvalue weighted by molar-refractivity contribution is 0.476. The van der Waals surface area contributed by atoms with Crippen LogP contribution in [-0.2, 0) is 0 Å². The van der Waals surface area contributed by atoms with Gasteiger partial charge in [-0.05, 0) is 103 Å². The fourth-order valence-corrected chi connectivity index (χ4v) is 17.0. The molecule has 0 bridgehead atoms. The lowest BCUT2D eigenvalue weighted by Crippen LogP contribution is -2.50. The second-order valence-corrected chi connectivity index (χ2v) is 28.3. The van der Waals surface area contributed by atoms with Crippen LogP contribution in [0.1, 0.15) is 83.1 Å². The zero-order chi connectivity index (χ0) is 34.3. The Morgan fingerprint density at radius 1 is 0.511 bits per heavy atom. The van der Waals surface area contributed by atoms with Gasteiger partial charge in [-0.1, -0.05) is 139 Å². The molecule has 4 aromatic rings. The highest BCUT2D eigenvalue weighted by molar-refractivity contribution is 9.10. The molecular weight excluding hydrogens is 740 g/mol. The molecule has 0 spiro atoms. The Bertz CT molecular complexity index is 1430. The molecule has 2 nitrogen and oxygen atoms in total. The van der Waals surface area contributed by atoms with Gasteiger partial charge in [0.2, 0.25) is 0 Å². The first-order valence-corrected chi connectivity index (χ1v) is 23.3. The van der Waals surface area contributed by atoms with E-state index < -0.39 is 15.7 Å². The molecule has 0 radical (unpaired) electrons. The fraction of sp³-hybridized carbons (Fsp3) is 0.474. The average Bonchev–Trinajstić information content (AvgIpc) is 2.95. The van der Waals surface area contributed by atoms with E-state index in [0.717, 1.165) is 25.5 Å². The van der Waals surface area contributed by atoms with Crippen molar-refractivity contribution in [1.82, 2.24) is 0 Å². The van der Waals surface area contributed by atoms with Gasteiger partial charge < -0.3 is 9.53 Å². The number of aromatic hydroxyl groups is 1. The molecule has 4 aromatic carbocycles. The number of phenolic OH excluding ortho intramolecular Hbond substituents is 1. The summed E-state index contributed by atoms with van der Waals surface area (Å²) in [6.45, 7) is 27.5. The van der Waals surface area contributed by atoms with Crippen LogP contribution in [0.25, 0.3) is 21.5 Å². The topological polar surface area (TPSA) is 29.5 Å². The first-order chi connectivity index (χ1) is 20.9. The molecule has 0 fully saturated rings. The zero-order valence-corrected chi connectivity index (χ0v) is 35.3. The van der Waals surface area contributed by atoms with E-state index in [9.17, 15) is 5.11 Å². The van der Waals surface area contributed by atoms with Gasteiger partial charge in [-0.25, -0.2) is 0 Å². The molecule has 4 rings (SSSR count). The van der Waals surface area contributed by atoms with Crippen molar-refractivity contribution in [2.45, 2.75) is 116 Å². The lowest BCUT2D eigenvalue weighted by atomic mass is 10.1. The van der Waals surface area contributed by atoms with Crippen molar-refractivity contribution in [3.8, 4) is 11.5 Å². The normalized spacial score (nSPS) is 12.3. The van der Waals surface area contributed by atoms with Crippen molar-refractivity contribution in [3.05, 3.63) is 81.7 Å². The molecule has 0 unspecified atom stereocenters. The summed E-state index contributed by atoms with van der Waals surface area (Å²) < 4.78 is 8.92. The van der Waals surface area contributed by atoms with Crippen LogP contribution in [0.3, 0.4) is 0 Å². The highest BCUT2D eigenvalue weighted by atomic mass is 79.9. The molecule has 1 N–H and O–H groups in total. The maximum absolute atomic E-state index is 9.19. The number of halogens is 3. The van der Waals surface area contributed by atoms with Crippen LogP contribution in [0.2, 0.25) is 33.2 Å². The van der Waals surface area contributed by atoms with Gasteiger partial charge in [0.1, 0.15) is 11.5 Å². The maximum atomic E-state index is 9.19. The summed E-state index contributed by atoms with van der Waals surface area (Å²) in [6, 6.07) is 24.2. The first-order valence-electron chi connectivity index (χ1n) is 16.3. The molecule has 0 aliphatic heterocycles. The Labute approximate surface area is 297 Å². The average molecular weight is 795 g/mol. The minimum absolute atomic E-state index is 0.310. The van der Waals surface area contributed by atoms with Crippen LogP contribution in [0.15, 0.2) is 81.7 Å². The van der Waals surface area contributed by atoms with Gasteiger partial charge >= 0.3 is 0 Å². The summed E-state index contributed by atoms with van der Waals surface area (Å²) in [5, 5.41) is 13.8. The van der Waals surface area contributed by atoms with Crippen molar-refractivity contribution < 1.29 is 9.53 Å². The van der Waals surface area contributed by atoms with E-state index in [1.54, 1.807) is 12.1 Å². The second-order valence-electron chi connectivity index (χ2n) is 14.0. The van der Waals surface area contributed by atoms with Crippen molar-refractivity contribution >= 4 is 80.2 Å². The van der Waals surface area contributed by atoms with E-state index in [-0.39, 0.29) is 0 Å². The van der Waals surface area contributed by atoms with Crippen molar-refractivity contribution in [1.29, 1.82) is 0 Å². The van der Waals surface area contributed by atoms with Crippen molar-refractivity contribution in [2.75, 3.05) is 0 Å². The SMILES string of the molecule is CC(C)[Si](Cl)(C(C)C)C(C)C.CC(C)[Si](Oc1ccc2cc(Br)ccc2c1)(C(C)C)C(C)C.Oc1ccc2cc(Br)ccc2c1. The third kappa shape index (κ3) is 10.1. The predicted molar refractivity (Wildman–Crippen MR) is 214 cm³/mol. The summed E-state index contributed by atoms with van der Waals surface area (Å²) >= 11 is 13.6. The van der Waals surface area contributed by atoms with Gasteiger partial charge in [0.15, 0.2) is 7.38 Å². The highest BCUT2D eigenvalue weighted by Crippen LogP contribution is 2.45. The van der Waals surface area contributed by atoms with Gasteiger partial charge in [0, 0.05) is 8.95 Å². The molecule has 7 heteroatoms. The van der Waals surface area contributed by atoms with Gasteiger partial charge in [0.25, 0.3) is 8.32 Å². The van der Waals surface area contributed by atoms with Gasteiger partial charge in [0.05, 0.1) is 0 Å². The van der Waals surface area contributed by atoms with Crippen LogP contribution < -0.4 is 4.43 Å². The van der Waals surface area contributed by atoms with E-state index >= 15 is 0 Å². The molecule has 0 heterocycles. The number of fused-ring (bicyclic) bond motifs is 2. The van der Waals surface area contributed by atoms with Crippen molar-refractivity contribution in [2.24, 2.45) is 0 Å². The molecular formula is C38H55Br2ClO2Si2. The Balaban J connectivity index is 0.000000259. The number of phenols is 1. The Morgan fingerprint density at radius 2 is 0.867 bits per heavy atom. The first kappa shape index (κ1) is 39.9. The van der Waals surface area contributed by atoms with E-state index in [0.29, 0.717) is 39.0 Å². The molecule has 0 saturated heterocycles. The van der Waals surface area contributed by atoms with Crippen LogP contribution in [0, 0.1) is 0 Å². The number of hydrogen-bond acceptors (Lipinski definition) is 2. The minimum atomic E-state index is -1.88. The number of rotatable bonds is 8. The minimum Gasteiger partial charge on any atom is -0.543 e. The molecule has 0 aliphatic carbocycles. The fourth-order valence-electron chi connectivity index (χ4n) is 7.02. The summed E-state index contributed by atoms with van der Waals surface area (Å²) in [5.74, 6) is 1.34. The molecule has 0 atom stereocenters. The van der Waals surface area contributed by atoms with Crippen LogP contribution in [-0.4, -0.2) is 20.8 Å². The largest absolute Gasteiger partial charge is 0.543 e. The summed E-state index contributed by atoms with van der Waals surface area (Å²) in [4.78, 5) is 0. The lowest BCUT2D eigenvalue weighted by Gasteiger charge is -2.42. The summed E-state index contributed by atoms with van der Waals surface area (Å²) in [6.07, 6.45) is 0. The third-order valence-electron chi connectivity index (χ3n) is 9.22. The third-order valence-corrected chi connectivity index (χ3v) is 25.4. The van der Waals surface area contributed by atoms with Gasteiger partial charge in [-0.2, -0.15) is 11.1 Å². The molecule has 0 amide bonds. The molecule has 0 aromatic heterocycles. The quantitative estimate of drug-likeness (QED) is 0.142. The van der Waals surface area contributed by atoms with Crippen molar-refractivity contribution in [3.63, 3.8) is 0 Å². The Morgan fingerprint density at radius 3 is 1.24 bits per heavy atom. The predicted octanol–water partition coefficient (Wildman–Crippen LogP) is 14.9. The van der Waals surface area contributed by atoms with E-state index in [1.165, 1.54) is 10.8 Å². The van der Waals surface area contributed by atoms with Gasteiger partial charge in [-0.3, -0.25) is 0 Å². The van der Waals surface area contributed by atoms with Crippen LogP contribution in [0.5, 0.6) is 11.5 Å². The van der Waals surface area contributed by atoms with E-state index in [4.69, 9.17) is 15.5 Å². The van der Waals surface area contributed by atoms with E-state index in [2.05, 4.69) is 151 Å². The van der Waals surface area contributed by atoms with Gasteiger partial charge in [-0.15, -0.1) is 0 Å². The standard InChI is InChI=1S/C19H27BrOSi.C10H7BrO.C9H21ClSi/c1-13(2)22(14(3)4,15(5)6)21-19-10-8-16-11-18(20)9-7-17(16)12-19;11-9-3-1-8-6-10(12)4-2-7(8)5-9;1-7(2)11(10,8(3)4)9(5)6/h7-15H,1-6H3;1-6,12H;7-9H,1-6H3. The molecule has 248 valence electrons. The van der Waals surface area contributed by atoms with Crippen LogP contribution >= 0.6 is 42.9 Å². The highest BCUT2D eigenvalue weighted by Gasteiger charge is 2.47. The Kier molecular flexibility index (Phi) is 15.2. The zero-order valence-electron chi connectivity index (χ0n) is 29.4. The maximum Gasteiger partial charge on any atom is 0.258 e. The molecule has 0 saturated carbocycles. The van der Waals surface area contributed by atoms with E-state index in [1.807, 2.05) is 24.3 Å². The second kappa shape index (κ2) is 17.2. The Hall–Kier alpha value is -1.32. The summed E-state index contributed by atoms with van der Waals surface area (Å²) in [5.41, 5.74) is 3.83. The number of benzene rings is 4. The van der Waals surface area contributed by atoms with Crippen LogP contribution in [0.4, 0.5) is 0 Å².